The van der Waals surface area contributed by atoms with Gasteiger partial charge in [0.25, 0.3) is 0 Å². The fourth-order valence-electron chi connectivity index (χ4n) is 6.59. The Kier molecular flexibility index (Phi) is 3.69. The third-order valence-electron chi connectivity index (χ3n) is 7.52. The van der Waals surface area contributed by atoms with Crippen molar-refractivity contribution >= 4 is 11.9 Å². The van der Waals surface area contributed by atoms with E-state index in [4.69, 9.17) is 14.2 Å². The third kappa shape index (κ3) is 1.82. The Morgan fingerprint density at radius 3 is 3.00 bits per heavy atom. The summed E-state index contributed by atoms with van der Waals surface area (Å²) in [5.74, 6) is 2.89. The van der Waals surface area contributed by atoms with E-state index in [1.54, 1.807) is 13.2 Å². The first-order valence-corrected chi connectivity index (χ1v) is 9.61. The number of hydrogen-bond acceptors (Lipinski definition) is 7. The van der Waals surface area contributed by atoms with Gasteiger partial charge in [-0.25, -0.2) is 9.59 Å². The summed E-state index contributed by atoms with van der Waals surface area (Å²) in [6.45, 7) is 0.746. The molecule has 3 aliphatic carbocycles. The zero-order valence-electron chi connectivity index (χ0n) is 15.8. The summed E-state index contributed by atoms with van der Waals surface area (Å²) in [6, 6.07) is -0.0738. The van der Waals surface area contributed by atoms with Crippen molar-refractivity contribution in [3.8, 4) is 0 Å². The highest BCUT2D eigenvalue weighted by atomic mass is 16.5. The highest BCUT2D eigenvalue weighted by Crippen LogP contribution is 2.71. The Hall–Kier alpha value is -2.34. The average molecular weight is 385 g/mol. The molecule has 0 aromatic rings. The highest BCUT2D eigenvalue weighted by Gasteiger charge is 2.75. The monoisotopic (exact) mass is 385 g/mol. The van der Waals surface area contributed by atoms with E-state index in [1.165, 1.54) is 13.2 Å². The van der Waals surface area contributed by atoms with Crippen molar-refractivity contribution in [1.29, 1.82) is 0 Å². The maximum absolute atomic E-state index is 12.5. The van der Waals surface area contributed by atoms with E-state index in [1.807, 2.05) is 12.0 Å². The van der Waals surface area contributed by atoms with Gasteiger partial charge in [0, 0.05) is 28.9 Å². The van der Waals surface area contributed by atoms with E-state index >= 15 is 0 Å². The Morgan fingerprint density at radius 1 is 1.46 bits per heavy atom. The van der Waals surface area contributed by atoms with Gasteiger partial charge in [0.1, 0.15) is 23.9 Å². The summed E-state index contributed by atoms with van der Waals surface area (Å²) in [7, 11) is 2.88. The van der Waals surface area contributed by atoms with Gasteiger partial charge in [-0.1, -0.05) is 12.2 Å². The molecule has 0 radical (unpaired) electrons. The molecule has 2 aliphatic heterocycles. The minimum Gasteiger partial charge on any atom is -0.493 e. The molecule has 7 heteroatoms. The van der Waals surface area contributed by atoms with Gasteiger partial charge in [0.05, 0.1) is 19.8 Å². The SMILES string of the molecule is COC(=O)C1=CC2(C=C=O)[C@H]3CC4C=CC(OC)=C5OC(C1O)[C@@]2(CCN3)C54. The van der Waals surface area contributed by atoms with E-state index in [-0.39, 0.29) is 23.5 Å². The number of aliphatic hydroxyl groups excluding tert-OH is 1. The number of ether oxygens (including phenoxy) is 3. The van der Waals surface area contributed by atoms with Crippen molar-refractivity contribution in [1.82, 2.24) is 5.32 Å². The number of piperidine rings is 1. The molecule has 0 aromatic carbocycles. The second-order valence-electron chi connectivity index (χ2n) is 8.24. The molecule has 28 heavy (non-hydrogen) atoms. The zero-order chi connectivity index (χ0) is 19.7. The van der Waals surface area contributed by atoms with Gasteiger partial charge in [-0.2, -0.15) is 0 Å². The van der Waals surface area contributed by atoms with Gasteiger partial charge in [-0.3, -0.25) is 0 Å². The Balaban J connectivity index is 1.82. The molecule has 1 saturated carbocycles. The first kappa shape index (κ1) is 17.7. The Bertz CT molecular complexity index is 883. The quantitative estimate of drug-likeness (QED) is 0.544. The molecule has 3 fully saturated rings. The van der Waals surface area contributed by atoms with Crippen LogP contribution in [0.5, 0.6) is 0 Å². The molecule has 0 amide bonds. The van der Waals surface area contributed by atoms with Crippen molar-refractivity contribution in [2.45, 2.75) is 31.1 Å². The van der Waals surface area contributed by atoms with Crippen molar-refractivity contribution in [2.24, 2.45) is 22.7 Å². The number of rotatable bonds is 3. The largest absolute Gasteiger partial charge is 0.493 e. The fraction of sp³-hybridized carbons (Fsp3) is 0.571. The molecule has 5 unspecified atom stereocenters. The van der Waals surface area contributed by atoms with Crippen molar-refractivity contribution in [3.63, 3.8) is 0 Å². The lowest BCUT2D eigenvalue weighted by molar-refractivity contribution is -0.149. The van der Waals surface area contributed by atoms with Crippen LogP contribution in [0.2, 0.25) is 0 Å². The molecular weight excluding hydrogens is 362 g/mol. The fourth-order valence-corrected chi connectivity index (χ4v) is 6.59. The molecule has 5 rings (SSSR count). The van der Waals surface area contributed by atoms with E-state index in [0.29, 0.717) is 17.9 Å². The van der Waals surface area contributed by atoms with Crippen LogP contribution in [0.15, 0.2) is 41.4 Å². The average Bonchev–Trinajstić information content (AvgIpc) is 3.04. The molecule has 2 N–H and O–H groups in total. The molecular formula is C21H23NO6. The summed E-state index contributed by atoms with van der Waals surface area (Å²) >= 11 is 0. The predicted octanol–water partition coefficient (Wildman–Crippen LogP) is 0.645. The topological polar surface area (TPSA) is 94.1 Å². The Labute approximate surface area is 162 Å². The van der Waals surface area contributed by atoms with Crippen molar-refractivity contribution in [2.75, 3.05) is 20.8 Å². The van der Waals surface area contributed by atoms with Gasteiger partial charge in [0.2, 0.25) is 0 Å². The van der Waals surface area contributed by atoms with Crippen LogP contribution in [0.3, 0.4) is 0 Å². The second-order valence-corrected chi connectivity index (χ2v) is 8.24. The summed E-state index contributed by atoms with van der Waals surface area (Å²) in [6.07, 6.45) is 6.99. The van der Waals surface area contributed by atoms with Crippen molar-refractivity contribution in [3.05, 3.63) is 41.4 Å². The maximum atomic E-state index is 12.5. The molecule has 7 nitrogen and oxygen atoms in total. The molecule has 7 atom stereocenters. The number of nitrogens with one attached hydrogen (secondary N) is 1. The lowest BCUT2D eigenvalue weighted by Crippen LogP contribution is -2.71. The number of esters is 1. The van der Waals surface area contributed by atoms with Gasteiger partial charge in [-0.15, -0.1) is 0 Å². The third-order valence-corrected chi connectivity index (χ3v) is 7.52. The number of carbonyl (C=O) groups is 1. The van der Waals surface area contributed by atoms with Crippen molar-refractivity contribution < 1.29 is 28.9 Å². The minimum atomic E-state index is -1.14. The summed E-state index contributed by atoms with van der Waals surface area (Å²) in [5, 5.41) is 14.7. The second kappa shape index (κ2) is 5.83. The summed E-state index contributed by atoms with van der Waals surface area (Å²) in [4.78, 5) is 24.1. The van der Waals surface area contributed by atoms with Crippen LogP contribution in [-0.4, -0.2) is 56.0 Å². The van der Waals surface area contributed by atoms with Crippen LogP contribution >= 0.6 is 0 Å². The van der Waals surface area contributed by atoms with Gasteiger partial charge in [0.15, 0.2) is 5.76 Å². The molecule has 5 aliphatic rings. The van der Waals surface area contributed by atoms with E-state index in [0.717, 1.165) is 13.0 Å². The standard InChI is InChI=1S/C21H23NO6/c1-26-13-4-3-11-9-14-20(6-8-23)10-12(19(25)27-2)16(24)18-21(20,5-7-22-14)15(11)17(13)28-18/h3-4,6,10-11,14-16,18,22,24H,5,7,9H2,1-2H3/t11?,14-,15?,16?,18?,20?,21-/m1/s1. The minimum absolute atomic E-state index is 0.0366. The predicted molar refractivity (Wildman–Crippen MR) is 97.3 cm³/mol. The van der Waals surface area contributed by atoms with Gasteiger partial charge >= 0.3 is 5.97 Å². The number of hydrogen-bond donors (Lipinski definition) is 2. The molecule has 2 heterocycles. The van der Waals surface area contributed by atoms with Gasteiger partial charge < -0.3 is 24.6 Å². The molecule has 148 valence electrons. The number of aliphatic hydroxyl groups is 1. The van der Waals surface area contributed by atoms with Crippen LogP contribution in [-0.2, 0) is 23.8 Å². The first-order chi connectivity index (χ1) is 13.5. The van der Waals surface area contributed by atoms with E-state index < -0.39 is 29.0 Å². The molecule has 2 bridgehead atoms. The van der Waals surface area contributed by atoms with Crippen LogP contribution in [0.4, 0.5) is 0 Å². The van der Waals surface area contributed by atoms with Crippen LogP contribution in [0.1, 0.15) is 12.8 Å². The number of methoxy groups -OCH3 is 2. The van der Waals surface area contributed by atoms with E-state index in [9.17, 15) is 14.7 Å². The highest BCUT2D eigenvalue weighted by molar-refractivity contribution is 5.90. The number of allylic oxidation sites excluding steroid dienone is 3. The van der Waals surface area contributed by atoms with Crippen LogP contribution in [0.25, 0.3) is 0 Å². The normalized spacial score (nSPS) is 44.7. The van der Waals surface area contributed by atoms with Crippen LogP contribution in [0, 0.1) is 22.7 Å². The summed E-state index contributed by atoms with van der Waals surface area (Å²) in [5.41, 5.74) is -1.23. The van der Waals surface area contributed by atoms with Crippen LogP contribution < -0.4 is 5.32 Å². The number of carbonyl (C=O) groups excluding carboxylic acids is 2. The smallest absolute Gasteiger partial charge is 0.336 e. The summed E-state index contributed by atoms with van der Waals surface area (Å²) < 4.78 is 16.8. The zero-order valence-corrected chi connectivity index (χ0v) is 15.8. The van der Waals surface area contributed by atoms with Gasteiger partial charge in [-0.05, 0) is 31.4 Å². The first-order valence-electron chi connectivity index (χ1n) is 9.61. The van der Waals surface area contributed by atoms with E-state index in [2.05, 4.69) is 11.4 Å². The lowest BCUT2D eigenvalue weighted by Gasteiger charge is -2.64. The Morgan fingerprint density at radius 2 is 2.29 bits per heavy atom. The molecule has 0 aromatic heterocycles. The maximum Gasteiger partial charge on any atom is 0.336 e. The molecule has 2 saturated heterocycles. The molecule has 1 spiro atoms. The lowest BCUT2D eigenvalue weighted by atomic mass is 9.40.